The molecule has 2 heterocycles. The summed E-state index contributed by atoms with van der Waals surface area (Å²) in [5, 5.41) is 6.72. The van der Waals surface area contributed by atoms with Gasteiger partial charge in [-0.25, -0.2) is 4.90 Å². The Kier molecular flexibility index (Phi) is 1.87. The van der Waals surface area contributed by atoms with E-state index in [0.29, 0.717) is 24.2 Å². The van der Waals surface area contributed by atoms with E-state index in [4.69, 9.17) is 0 Å². The number of hydrogen-bond donors (Lipinski definition) is 1. The zero-order valence-corrected chi connectivity index (χ0v) is 8.13. The molecule has 1 aromatic rings. The van der Waals surface area contributed by atoms with Crippen LogP contribution < -0.4 is 4.90 Å². The van der Waals surface area contributed by atoms with Crippen molar-refractivity contribution in [1.82, 2.24) is 10.2 Å². The Morgan fingerprint density at radius 2 is 1.79 bits per heavy atom. The van der Waals surface area contributed by atoms with Crippen molar-refractivity contribution >= 4 is 17.5 Å². The standard InChI is InChI=1S/C9H11N3O2/c1-5-9(6(2)11-10-5)12-7(13)3-4-8(12)14/h3-4H2,1-2H3,(H,10,11). The second-order valence-electron chi connectivity index (χ2n) is 3.41. The van der Waals surface area contributed by atoms with E-state index in [9.17, 15) is 9.59 Å². The van der Waals surface area contributed by atoms with Crippen LogP contribution in [0.25, 0.3) is 0 Å². The van der Waals surface area contributed by atoms with Crippen molar-refractivity contribution in [2.75, 3.05) is 4.90 Å². The first-order valence-electron chi connectivity index (χ1n) is 4.48. The summed E-state index contributed by atoms with van der Waals surface area (Å²) in [5.74, 6) is -0.273. The van der Waals surface area contributed by atoms with Gasteiger partial charge in [0.1, 0.15) is 0 Å². The number of hydrogen-bond acceptors (Lipinski definition) is 3. The Bertz CT molecular complexity index is 373. The Morgan fingerprint density at radius 1 is 1.21 bits per heavy atom. The van der Waals surface area contributed by atoms with Gasteiger partial charge in [0.2, 0.25) is 11.8 Å². The Hall–Kier alpha value is -1.65. The number of carbonyl (C=O) groups excluding carboxylic acids is 2. The Morgan fingerprint density at radius 3 is 2.21 bits per heavy atom. The molecule has 0 bridgehead atoms. The third kappa shape index (κ3) is 1.13. The minimum atomic E-state index is -0.136. The van der Waals surface area contributed by atoms with Gasteiger partial charge in [0.15, 0.2) is 0 Å². The van der Waals surface area contributed by atoms with E-state index in [0.717, 1.165) is 5.69 Å². The zero-order chi connectivity index (χ0) is 10.3. The number of anilines is 1. The molecule has 5 heteroatoms. The molecule has 1 saturated heterocycles. The molecular weight excluding hydrogens is 182 g/mol. The van der Waals surface area contributed by atoms with Gasteiger partial charge in [0.25, 0.3) is 0 Å². The van der Waals surface area contributed by atoms with Gasteiger partial charge in [-0.15, -0.1) is 0 Å². The molecule has 0 unspecified atom stereocenters. The molecule has 0 spiro atoms. The largest absolute Gasteiger partial charge is 0.280 e. The van der Waals surface area contributed by atoms with E-state index in [1.54, 1.807) is 13.8 Å². The number of H-pyrrole nitrogens is 1. The molecule has 2 rings (SSSR count). The summed E-state index contributed by atoms with van der Waals surface area (Å²) < 4.78 is 0. The average Bonchev–Trinajstić information content (AvgIpc) is 2.60. The molecule has 1 aromatic heterocycles. The lowest BCUT2D eigenvalue weighted by Gasteiger charge is -2.13. The van der Waals surface area contributed by atoms with Gasteiger partial charge in [0, 0.05) is 12.8 Å². The summed E-state index contributed by atoms with van der Waals surface area (Å²) >= 11 is 0. The van der Waals surface area contributed by atoms with Crippen LogP contribution in [0, 0.1) is 13.8 Å². The van der Waals surface area contributed by atoms with Crippen molar-refractivity contribution in [3.63, 3.8) is 0 Å². The highest BCUT2D eigenvalue weighted by atomic mass is 16.2. The van der Waals surface area contributed by atoms with Crippen LogP contribution in [0.15, 0.2) is 0 Å². The van der Waals surface area contributed by atoms with Crippen molar-refractivity contribution in [2.45, 2.75) is 26.7 Å². The number of rotatable bonds is 1. The lowest BCUT2D eigenvalue weighted by molar-refractivity contribution is -0.121. The molecular formula is C9H11N3O2. The number of amides is 2. The second-order valence-corrected chi connectivity index (χ2v) is 3.41. The summed E-state index contributed by atoms with van der Waals surface area (Å²) in [5.41, 5.74) is 2.06. The van der Waals surface area contributed by atoms with Gasteiger partial charge >= 0.3 is 0 Å². The minimum absolute atomic E-state index is 0.136. The van der Waals surface area contributed by atoms with Crippen LogP contribution >= 0.6 is 0 Å². The van der Waals surface area contributed by atoms with E-state index < -0.39 is 0 Å². The summed E-state index contributed by atoms with van der Waals surface area (Å²) in [4.78, 5) is 24.1. The minimum Gasteiger partial charge on any atom is -0.280 e. The first kappa shape index (κ1) is 8.93. The number of nitrogens with zero attached hydrogens (tertiary/aromatic N) is 2. The van der Waals surface area contributed by atoms with Crippen LogP contribution in [0.2, 0.25) is 0 Å². The van der Waals surface area contributed by atoms with Gasteiger partial charge < -0.3 is 0 Å². The van der Waals surface area contributed by atoms with Gasteiger partial charge in [-0.3, -0.25) is 14.7 Å². The molecule has 5 nitrogen and oxygen atoms in total. The molecule has 0 aromatic carbocycles. The molecule has 0 atom stereocenters. The molecule has 14 heavy (non-hydrogen) atoms. The third-order valence-corrected chi connectivity index (χ3v) is 2.36. The first-order valence-corrected chi connectivity index (χ1v) is 4.48. The van der Waals surface area contributed by atoms with Crippen LogP contribution in [-0.2, 0) is 9.59 Å². The summed E-state index contributed by atoms with van der Waals surface area (Å²) in [7, 11) is 0. The van der Waals surface area contributed by atoms with E-state index in [-0.39, 0.29) is 11.8 Å². The van der Waals surface area contributed by atoms with Crippen LogP contribution in [0.4, 0.5) is 5.69 Å². The number of nitrogens with one attached hydrogen (secondary N) is 1. The van der Waals surface area contributed by atoms with E-state index in [2.05, 4.69) is 10.2 Å². The van der Waals surface area contributed by atoms with Crippen molar-refractivity contribution < 1.29 is 9.59 Å². The monoisotopic (exact) mass is 193 g/mol. The highest BCUT2D eigenvalue weighted by molar-refractivity contribution is 6.20. The van der Waals surface area contributed by atoms with E-state index in [1.807, 2.05) is 0 Å². The molecule has 1 fully saturated rings. The fourth-order valence-corrected chi connectivity index (χ4v) is 1.70. The Balaban J connectivity index is 2.48. The maximum Gasteiger partial charge on any atom is 0.234 e. The van der Waals surface area contributed by atoms with Crippen LogP contribution in [0.5, 0.6) is 0 Å². The van der Waals surface area contributed by atoms with Crippen molar-refractivity contribution in [3.05, 3.63) is 11.4 Å². The normalized spacial score (nSPS) is 16.9. The molecule has 1 aliphatic rings. The third-order valence-electron chi connectivity index (χ3n) is 2.36. The highest BCUT2D eigenvalue weighted by Crippen LogP contribution is 2.27. The maximum absolute atomic E-state index is 11.5. The maximum atomic E-state index is 11.5. The number of aromatic nitrogens is 2. The van der Waals surface area contributed by atoms with Crippen molar-refractivity contribution in [1.29, 1.82) is 0 Å². The number of carbonyl (C=O) groups is 2. The van der Waals surface area contributed by atoms with Crippen molar-refractivity contribution in [3.8, 4) is 0 Å². The topological polar surface area (TPSA) is 66.1 Å². The first-order chi connectivity index (χ1) is 6.61. The zero-order valence-electron chi connectivity index (χ0n) is 8.13. The van der Waals surface area contributed by atoms with E-state index >= 15 is 0 Å². The van der Waals surface area contributed by atoms with Gasteiger partial charge in [-0.1, -0.05) is 0 Å². The fraction of sp³-hybridized carbons (Fsp3) is 0.444. The van der Waals surface area contributed by atoms with Gasteiger partial charge in [0.05, 0.1) is 17.1 Å². The number of aryl methyl sites for hydroxylation is 2. The number of imide groups is 1. The van der Waals surface area contributed by atoms with Gasteiger partial charge in [-0.05, 0) is 13.8 Å². The summed E-state index contributed by atoms with van der Waals surface area (Å²) in [6, 6.07) is 0. The summed E-state index contributed by atoms with van der Waals surface area (Å²) in [6.07, 6.45) is 0.617. The van der Waals surface area contributed by atoms with Gasteiger partial charge in [-0.2, -0.15) is 5.10 Å². The van der Waals surface area contributed by atoms with E-state index in [1.165, 1.54) is 4.90 Å². The lowest BCUT2D eigenvalue weighted by atomic mass is 10.3. The summed E-state index contributed by atoms with van der Waals surface area (Å²) in [6.45, 7) is 3.58. The van der Waals surface area contributed by atoms with Crippen molar-refractivity contribution in [2.24, 2.45) is 0 Å². The SMILES string of the molecule is Cc1n[nH]c(C)c1N1C(=O)CCC1=O. The Labute approximate surface area is 81.1 Å². The second kappa shape index (κ2) is 2.94. The quantitative estimate of drug-likeness (QED) is 0.667. The molecule has 74 valence electrons. The lowest BCUT2D eigenvalue weighted by Crippen LogP contribution is -2.29. The molecule has 0 aliphatic carbocycles. The van der Waals surface area contributed by atoms with Crippen LogP contribution in [0.3, 0.4) is 0 Å². The predicted molar refractivity (Wildman–Crippen MR) is 49.8 cm³/mol. The molecule has 0 radical (unpaired) electrons. The number of aromatic amines is 1. The highest BCUT2D eigenvalue weighted by Gasteiger charge is 2.33. The average molecular weight is 193 g/mol. The predicted octanol–water partition coefficient (Wildman–Crippen LogP) is 0.680. The fourth-order valence-electron chi connectivity index (χ4n) is 1.70. The molecule has 1 aliphatic heterocycles. The molecule has 2 amide bonds. The van der Waals surface area contributed by atoms with Crippen LogP contribution in [0.1, 0.15) is 24.2 Å². The van der Waals surface area contributed by atoms with Crippen LogP contribution in [-0.4, -0.2) is 22.0 Å². The molecule has 1 N–H and O–H groups in total. The smallest absolute Gasteiger partial charge is 0.234 e. The molecule has 0 saturated carbocycles.